The van der Waals surface area contributed by atoms with Crippen molar-refractivity contribution in [3.8, 4) is 5.75 Å². The minimum Gasteiger partial charge on any atom is -0.462 e. The molecular weight excluding hydrogens is 277 g/mol. The highest BCUT2D eigenvalue weighted by molar-refractivity contribution is 7.56. The van der Waals surface area contributed by atoms with Crippen LogP contribution in [0.2, 0.25) is 0 Å². The van der Waals surface area contributed by atoms with E-state index in [0.717, 1.165) is 6.42 Å². The number of rotatable bonds is 7. The summed E-state index contributed by atoms with van der Waals surface area (Å²) in [6.45, 7) is 6.79. The van der Waals surface area contributed by atoms with Gasteiger partial charge in [0, 0.05) is 6.66 Å². The molecule has 0 saturated carbocycles. The van der Waals surface area contributed by atoms with Crippen LogP contribution in [-0.2, 0) is 14.1 Å². The average Bonchev–Trinajstić information content (AvgIpc) is 2.38. The third kappa shape index (κ3) is 5.76. The maximum atomic E-state index is 12.3. The van der Waals surface area contributed by atoms with E-state index in [1.165, 1.54) is 6.66 Å². The summed E-state index contributed by atoms with van der Waals surface area (Å²) in [6.07, 6.45) is 0.584. The van der Waals surface area contributed by atoms with Gasteiger partial charge in [0.05, 0.1) is 6.10 Å². The molecule has 0 aliphatic rings. The van der Waals surface area contributed by atoms with Crippen LogP contribution in [0.4, 0.5) is 0 Å². The molecule has 5 nitrogen and oxygen atoms in total. The maximum absolute atomic E-state index is 12.3. The smallest absolute Gasteiger partial charge is 0.323 e. The van der Waals surface area contributed by atoms with Crippen molar-refractivity contribution in [1.29, 1.82) is 0 Å². The van der Waals surface area contributed by atoms with Gasteiger partial charge in [-0.15, -0.1) is 0 Å². The van der Waals surface area contributed by atoms with Crippen molar-refractivity contribution in [1.82, 2.24) is 5.09 Å². The van der Waals surface area contributed by atoms with Crippen molar-refractivity contribution in [2.45, 2.75) is 39.3 Å². The summed E-state index contributed by atoms with van der Waals surface area (Å²) < 4.78 is 22.9. The van der Waals surface area contributed by atoms with Crippen molar-refractivity contribution in [3.05, 3.63) is 30.3 Å². The van der Waals surface area contributed by atoms with Crippen LogP contribution in [0.15, 0.2) is 30.3 Å². The normalized spacial score (nSPS) is 16.8. The molecule has 0 heterocycles. The molecule has 0 radical (unpaired) electrons. The Morgan fingerprint density at radius 1 is 1.30 bits per heavy atom. The van der Waals surface area contributed by atoms with Crippen molar-refractivity contribution in [2.75, 3.05) is 6.66 Å². The number of benzene rings is 1. The Labute approximate surface area is 120 Å². The number of carbonyl (C=O) groups is 1. The van der Waals surface area contributed by atoms with Crippen LogP contribution in [0.3, 0.4) is 0 Å². The number of nitrogens with one attached hydrogen (secondary N) is 1. The first kappa shape index (κ1) is 16.7. The first-order valence-corrected chi connectivity index (χ1v) is 8.71. The molecule has 20 heavy (non-hydrogen) atoms. The fraction of sp³-hybridized carbons (Fsp3) is 0.500. The number of carbonyl (C=O) groups excluding carboxylic acids is 1. The Kier molecular flexibility index (Phi) is 6.24. The summed E-state index contributed by atoms with van der Waals surface area (Å²) in [6, 6.07) is 8.14. The van der Waals surface area contributed by atoms with Gasteiger partial charge in [-0.25, -0.2) is 5.09 Å². The molecule has 0 bridgehead atoms. The molecule has 0 amide bonds. The van der Waals surface area contributed by atoms with Gasteiger partial charge < -0.3 is 9.26 Å². The topological polar surface area (TPSA) is 64.6 Å². The van der Waals surface area contributed by atoms with Gasteiger partial charge in [0.1, 0.15) is 11.8 Å². The Morgan fingerprint density at radius 3 is 2.45 bits per heavy atom. The summed E-state index contributed by atoms with van der Waals surface area (Å²) in [5.41, 5.74) is 0. The average molecular weight is 299 g/mol. The Morgan fingerprint density at radius 2 is 1.90 bits per heavy atom. The fourth-order valence-corrected chi connectivity index (χ4v) is 2.88. The van der Waals surface area contributed by atoms with Crippen LogP contribution < -0.4 is 9.61 Å². The molecule has 3 atom stereocenters. The zero-order chi connectivity index (χ0) is 15.2. The van der Waals surface area contributed by atoms with E-state index in [-0.39, 0.29) is 6.10 Å². The molecule has 1 N–H and O–H groups in total. The summed E-state index contributed by atoms with van der Waals surface area (Å²) in [7, 11) is -3.13. The molecule has 112 valence electrons. The minimum absolute atomic E-state index is 0.155. The monoisotopic (exact) mass is 299 g/mol. The highest BCUT2D eigenvalue weighted by Crippen LogP contribution is 2.39. The molecular formula is C14H22NO4P. The SMILES string of the molecule is CCC(C)OC(=O)C(C)NP(C)(=O)Oc1ccccc1. The third-order valence-electron chi connectivity index (χ3n) is 2.70. The number of hydrogen-bond donors (Lipinski definition) is 1. The van der Waals surface area contributed by atoms with Crippen LogP contribution >= 0.6 is 7.52 Å². The molecule has 0 fully saturated rings. The minimum atomic E-state index is -3.13. The van der Waals surface area contributed by atoms with Gasteiger partial charge in [-0.1, -0.05) is 25.1 Å². The van der Waals surface area contributed by atoms with Crippen molar-refractivity contribution in [2.24, 2.45) is 0 Å². The third-order valence-corrected chi connectivity index (χ3v) is 4.11. The van der Waals surface area contributed by atoms with E-state index in [9.17, 15) is 9.36 Å². The van der Waals surface area contributed by atoms with Crippen LogP contribution in [-0.4, -0.2) is 24.8 Å². The van der Waals surface area contributed by atoms with Crippen molar-refractivity contribution in [3.63, 3.8) is 0 Å². The zero-order valence-electron chi connectivity index (χ0n) is 12.3. The zero-order valence-corrected chi connectivity index (χ0v) is 13.2. The van der Waals surface area contributed by atoms with E-state index in [2.05, 4.69) is 5.09 Å². The lowest BCUT2D eigenvalue weighted by molar-refractivity contribution is -0.149. The van der Waals surface area contributed by atoms with Crippen molar-refractivity contribution < 1.29 is 18.6 Å². The number of esters is 1. The van der Waals surface area contributed by atoms with Crippen LogP contribution in [0.5, 0.6) is 5.75 Å². The standard InChI is InChI=1S/C14H22NO4P/c1-5-11(2)18-14(16)12(3)15-20(4,17)19-13-9-7-6-8-10-13/h6-12H,5H2,1-4H3,(H,15,17). The van der Waals surface area contributed by atoms with Crippen LogP contribution in [0, 0.1) is 0 Å². The van der Waals surface area contributed by atoms with Crippen LogP contribution in [0.1, 0.15) is 27.2 Å². The van der Waals surface area contributed by atoms with E-state index in [1.807, 2.05) is 19.9 Å². The van der Waals surface area contributed by atoms with E-state index in [1.54, 1.807) is 31.2 Å². The molecule has 0 spiro atoms. The van der Waals surface area contributed by atoms with Crippen molar-refractivity contribution >= 4 is 13.5 Å². The molecule has 0 aliphatic carbocycles. The lowest BCUT2D eigenvalue weighted by atomic mass is 10.3. The highest BCUT2D eigenvalue weighted by Gasteiger charge is 2.26. The second kappa shape index (κ2) is 7.46. The highest BCUT2D eigenvalue weighted by atomic mass is 31.2. The number of para-hydroxylation sites is 1. The fourth-order valence-electron chi connectivity index (χ4n) is 1.50. The quantitative estimate of drug-likeness (QED) is 0.618. The molecule has 0 aliphatic heterocycles. The van der Waals surface area contributed by atoms with E-state index < -0.39 is 19.5 Å². The number of ether oxygens (including phenoxy) is 1. The molecule has 0 aromatic heterocycles. The second-order valence-electron chi connectivity index (χ2n) is 4.76. The Balaban J connectivity index is 2.57. The molecule has 0 saturated heterocycles. The van der Waals surface area contributed by atoms with Gasteiger partial charge in [0.2, 0.25) is 0 Å². The summed E-state index contributed by atoms with van der Waals surface area (Å²) >= 11 is 0. The maximum Gasteiger partial charge on any atom is 0.323 e. The van der Waals surface area contributed by atoms with Gasteiger partial charge in [-0.2, -0.15) is 0 Å². The number of hydrogen-bond acceptors (Lipinski definition) is 4. The first-order chi connectivity index (χ1) is 9.34. The lowest BCUT2D eigenvalue weighted by Gasteiger charge is -2.21. The molecule has 3 unspecified atom stereocenters. The van der Waals surface area contributed by atoms with E-state index in [0.29, 0.717) is 5.75 Å². The Bertz CT molecular complexity index is 477. The summed E-state index contributed by atoms with van der Waals surface area (Å²) in [4.78, 5) is 11.8. The van der Waals surface area contributed by atoms with Gasteiger partial charge in [-0.3, -0.25) is 9.36 Å². The largest absolute Gasteiger partial charge is 0.462 e. The van der Waals surface area contributed by atoms with Crippen LogP contribution in [0.25, 0.3) is 0 Å². The molecule has 1 rings (SSSR count). The lowest BCUT2D eigenvalue weighted by Crippen LogP contribution is -2.35. The summed E-state index contributed by atoms with van der Waals surface area (Å²) in [5.74, 6) is 0.0615. The van der Waals surface area contributed by atoms with E-state index in [4.69, 9.17) is 9.26 Å². The summed E-state index contributed by atoms with van der Waals surface area (Å²) in [5, 5.41) is 2.69. The molecule has 1 aromatic rings. The first-order valence-electron chi connectivity index (χ1n) is 6.64. The van der Waals surface area contributed by atoms with Gasteiger partial charge >= 0.3 is 13.5 Å². The molecule has 1 aromatic carbocycles. The second-order valence-corrected chi connectivity index (χ2v) is 6.89. The van der Waals surface area contributed by atoms with Gasteiger partial charge in [0.25, 0.3) is 0 Å². The Hall–Kier alpha value is -1.32. The van der Waals surface area contributed by atoms with Gasteiger partial charge in [-0.05, 0) is 32.4 Å². The molecule has 6 heteroatoms. The predicted molar refractivity (Wildman–Crippen MR) is 79.0 cm³/mol. The predicted octanol–water partition coefficient (Wildman–Crippen LogP) is 3.21. The van der Waals surface area contributed by atoms with E-state index >= 15 is 0 Å². The van der Waals surface area contributed by atoms with Gasteiger partial charge in [0.15, 0.2) is 0 Å².